The van der Waals surface area contributed by atoms with Crippen LogP contribution < -0.4 is 0 Å². The minimum absolute atomic E-state index is 0.440. The van der Waals surface area contributed by atoms with Crippen LogP contribution in [-0.2, 0) is 9.53 Å². The molecule has 0 bridgehead atoms. The van der Waals surface area contributed by atoms with Crippen molar-refractivity contribution in [1.29, 1.82) is 5.26 Å². The second kappa shape index (κ2) is 3.11. The zero-order valence-electron chi connectivity index (χ0n) is 7.33. The summed E-state index contributed by atoms with van der Waals surface area (Å²) >= 11 is 0. The van der Waals surface area contributed by atoms with Gasteiger partial charge in [-0.2, -0.15) is 5.26 Å². The van der Waals surface area contributed by atoms with Crippen LogP contribution in [0.25, 0.3) is 0 Å². The lowest BCUT2D eigenvalue weighted by molar-refractivity contribution is -0.149. The van der Waals surface area contributed by atoms with Crippen LogP contribution in [0.2, 0.25) is 0 Å². The first-order valence-electron chi connectivity index (χ1n) is 3.88. The highest BCUT2D eigenvalue weighted by atomic mass is 16.5. The molecule has 1 rings (SSSR count). The number of carbonyl (C=O) groups excluding carboxylic acids is 1. The van der Waals surface area contributed by atoms with Crippen molar-refractivity contribution in [3.8, 4) is 6.07 Å². The summed E-state index contributed by atoms with van der Waals surface area (Å²) in [4.78, 5) is 13.0. The quantitative estimate of drug-likeness (QED) is 0.523. The van der Waals surface area contributed by atoms with Gasteiger partial charge in [0.25, 0.3) is 0 Å². The molecule has 0 radical (unpaired) electrons. The van der Waals surface area contributed by atoms with Gasteiger partial charge in [-0.3, -0.25) is 4.90 Å². The molecule has 0 N–H and O–H groups in total. The van der Waals surface area contributed by atoms with Crippen molar-refractivity contribution in [1.82, 2.24) is 4.90 Å². The fourth-order valence-corrected chi connectivity index (χ4v) is 1.57. The van der Waals surface area contributed by atoms with Gasteiger partial charge in [0, 0.05) is 6.54 Å². The maximum absolute atomic E-state index is 11.3. The van der Waals surface area contributed by atoms with E-state index in [0.717, 1.165) is 13.0 Å². The highest BCUT2D eigenvalue weighted by Crippen LogP contribution is 2.27. The third kappa shape index (κ3) is 1.07. The van der Waals surface area contributed by atoms with E-state index in [4.69, 9.17) is 5.26 Å². The summed E-state index contributed by atoms with van der Waals surface area (Å²) in [5.74, 6) is -0.440. The summed E-state index contributed by atoms with van der Waals surface area (Å²) in [5, 5.41) is 8.90. The average molecular weight is 168 g/mol. The summed E-state index contributed by atoms with van der Waals surface area (Å²) < 4.78 is 4.60. The SMILES string of the molecule is COC(=O)C1(C#N)CCCN1C. The van der Waals surface area contributed by atoms with Crippen molar-refractivity contribution in [3.05, 3.63) is 0 Å². The van der Waals surface area contributed by atoms with Crippen LogP contribution in [0.15, 0.2) is 0 Å². The standard InChI is InChI=1S/C8H12N2O2/c1-10-5-3-4-8(10,6-9)7(11)12-2/h3-5H2,1-2H3. The maximum Gasteiger partial charge on any atom is 0.341 e. The van der Waals surface area contributed by atoms with Crippen molar-refractivity contribution in [3.63, 3.8) is 0 Å². The number of rotatable bonds is 1. The van der Waals surface area contributed by atoms with E-state index >= 15 is 0 Å². The van der Waals surface area contributed by atoms with Crippen LogP contribution in [0, 0.1) is 11.3 Å². The molecule has 0 aromatic carbocycles. The van der Waals surface area contributed by atoms with E-state index in [1.165, 1.54) is 7.11 Å². The van der Waals surface area contributed by atoms with Crippen molar-refractivity contribution in [2.75, 3.05) is 20.7 Å². The number of likely N-dealkylation sites (N-methyl/N-ethyl adjacent to an activating group) is 1. The fourth-order valence-electron chi connectivity index (χ4n) is 1.57. The van der Waals surface area contributed by atoms with Gasteiger partial charge in [-0.25, -0.2) is 4.79 Å². The Morgan fingerprint density at radius 2 is 2.42 bits per heavy atom. The van der Waals surface area contributed by atoms with Gasteiger partial charge in [-0.05, 0) is 19.9 Å². The zero-order valence-corrected chi connectivity index (χ0v) is 7.33. The van der Waals surface area contributed by atoms with Crippen LogP contribution in [0.5, 0.6) is 0 Å². The van der Waals surface area contributed by atoms with E-state index < -0.39 is 11.5 Å². The number of nitriles is 1. The molecule has 0 aromatic rings. The number of ether oxygens (including phenoxy) is 1. The summed E-state index contributed by atoms with van der Waals surface area (Å²) in [5.41, 5.74) is -1.02. The Balaban J connectivity index is 2.91. The molecule has 1 atom stereocenters. The molecule has 1 aliphatic rings. The molecule has 0 amide bonds. The smallest absolute Gasteiger partial charge is 0.341 e. The van der Waals surface area contributed by atoms with Gasteiger partial charge in [0.05, 0.1) is 13.2 Å². The Labute approximate surface area is 71.7 Å². The summed E-state index contributed by atoms with van der Waals surface area (Å²) in [6.45, 7) is 0.780. The van der Waals surface area contributed by atoms with E-state index in [1.807, 2.05) is 6.07 Å². The minimum Gasteiger partial charge on any atom is -0.467 e. The van der Waals surface area contributed by atoms with Crippen molar-refractivity contribution < 1.29 is 9.53 Å². The van der Waals surface area contributed by atoms with E-state index in [1.54, 1.807) is 11.9 Å². The lowest BCUT2D eigenvalue weighted by Gasteiger charge is -2.25. The van der Waals surface area contributed by atoms with E-state index in [2.05, 4.69) is 4.74 Å². The van der Waals surface area contributed by atoms with Gasteiger partial charge in [0.1, 0.15) is 0 Å². The number of esters is 1. The van der Waals surface area contributed by atoms with Gasteiger partial charge >= 0.3 is 5.97 Å². The van der Waals surface area contributed by atoms with Crippen LogP contribution in [-0.4, -0.2) is 37.1 Å². The predicted molar refractivity (Wildman–Crippen MR) is 42.2 cm³/mol. The molecule has 0 aromatic heterocycles. The molecule has 0 aliphatic carbocycles. The number of hydrogen-bond donors (Lipinski definition) is 0. The fraction of sp³-hybridized carbons (Fsp3) is 0.750. The lowest BCUT2D eigenvalue weighted by Crippen LogP contribution is -2.47. The third-order valence-corrected chi connectivity index (χ3v) is 2.39. The first-order valence-corrected chi connectivity index (χ1v) is 3.88. The van der Waals surface area contributed by atoms with Crippen molar-refractivity contribution in [2.24, 2.45) is 0 Å². The molecule has 12 heavy (non-hydrogen) atoms. The molecule has 1 fully saturated rings. The van der Waals surface area contributed by atoms with E-state index in [9.17, 15) is 4.79 Å². The van der Waals surface area contributed by atoms with Gasteiger partial charge < -0.3 is 4.74 Å². The van der Waals surface area contributed by atoms with Crippen molar-refractivity contribution >= 4 is 5.97 Å². The van der Waals surface area contributed by atoms with E-state index in [-0.39, 0.29) is 0 Å². The Morgan fingerprint density at radius 1 is 1.75 bits per heavy atom. The maximum atomic E-state index is 11.3. The number of carbonyl (C=O) groups is 1. The molecule has 0 saturated carbocycles. The number of likely N-dealkylation sites (tertiary alicyclic amines) is 1. The van der Waals surface area contributed by atoms with Crippen LogP contribution in [0.3, 0.4) is 0 Å². The molecule has 0 spiro atoms. The third-order valence-electron chi connectivity index (χ3n) is 2.39. The van der Waals surface area contributed by atoms with Crippen LogP contribution in [0.4, 0.5) is 0 Å². The van der Waals surface area contributed by atoms with Gasteiger partial charge in [0.15, 0.2) is 0 Å². The van der Waals surface area contributed by atoms with E-state index in [0.29, 0.717) is 6.42 Å². The van der Waals surface area contributed by atoms with Crippen LogP contribution >= 0.6 is 0 Å². The molecule has 4 nitrogen and oxygen atoms in total. The number of methoxy groups -OCH3 is 1. The highest BCUT2D eigenvalue weighted by Gasteiger charge is 2.47. The van der Waals surface area contributed by atoms with Crippen LogP contribution in [0.1, 0.15) is 12.8 Å². The average Bonchev–Trinajstić information content (AvgIpc) is 2.46. The highest BCUT2D eigenvalue weighted by molar-refractivity contribution is 5.84. The largest absolute Gasteiger partial charge is 0.467 e. The molecule has 4 heteroatoms. The molecular formula is C8H12N2O2. The normalized spacial score (nSPS) is 29.8. The summed E-state index contributed by atoms with van der Waals surface area (Å²) in [6.07, 6.45) is 1.45. The number of nitrogens with zero attached hydrogens (tertiary/aromatic N) is 2. The second-order valence-electron chi connectivity index (χ2n) is 2.99. The topological polar surface area (TPSA) is 53.3 Å². The Hall–Kier alpha value is -1.08. The van der Waals surface area contributed by atoms with Gasteiger partial charge in [0.2, 0.25) is 5.54 Å². The summed E-state index contributed by atoms with van der Waals surface area (Å²) in [7, 11) is 3.08. The molecule has 66 valence electrons. The Bertz CT molecular complexity index is 234. The Kier molecular flexibility index (Phi) is 2.34. The van der Waals surface area contributed by atoms with Crippen molar-refractivity contribution in [2.45, 2.75) is 18.4 Å². The first kappa shape index (κ1) is 9.01. The van der Waals surface area contributed by atoms with Gasteiger partial charge in [-0.15, -0.1) is 0 Å². The predicted octanol–water partition coefficient (Wildman–Crippen LogP) is 0.147. The summed E-state index contributed by atoms with van der Waals surface area (Å²) in [6, 6.07) is 2.03. The second-order valence-corrected chi connectivity index (χ2v) is 2.99. The number of hydrogen-bond acceptors (Lipinski definition) is 4. The molecule has 1 heterocycles. The zero-order chi connectivity index (χ0) is 9.19. The molecule has 1 unspecified atom stereocenters. The molecular weight excluding hydrogens is 156 g/mol. The molecule has 1 aliphatic heterocycles. The van der Waals surface area contributed by atoms with Gasteiger partial charge in [-0.1, -0.05) is 0 Å². The monoisotopic (exact) mass is 168 g/mol. The Morgan fingerprint density at radius 3 is 2.75 bits per heavy atom. The molecule has 1 saturated heterocycles. The minimum atomic E-state index is -1.02. The first-order chi connectivity index (χ1) is 5.67. The lowest BCUT2D eigenvalue weighted by atomic mass is 9.99.